The second-order valence-corrected chi connectivity index (χ2v) is 0.440. The molecular weight excluding hydrogens is 177 g/mol. The summed E-state index contributed by atoms with van der Waals surface area (Å²) >= 11 is 0. The van der Waals surface area contributed by atoms with Crippen molar-refractivity contribution in [3.63, 3.8) is 0 Å². The Morgan fingerprint density at radius 3 is 1.80 bits per heavy atom. The van der Waals surface area contributed by atoms with Gasteiger partial charge in [0.15, 0.2) is 7.05 Å². The molecule has 0 atom stereocenters. The average Bonchev–Trinajstić information content (AvgIpc) is 0.811. The van der Waals surface area contributed by atoms with Crippen LogP contribution in [0.2, 0.25) is 0 Å². The molecule has 5 heavy (non-hydrogen) atoms. The molecule has 0 heterocycles. The van der Waals surface area contributed by atoms with Gasteiger partial charge >= 0.3 is 23.9 Å². The summed E-state index contributed by atoms with van der Waals surface area (Å²) in [5.74, 6) is 0. The first-order valence-electron chi connectivity index (χ1n) is 0.812. The third-order valence-corrected chi connectivity index (χ3v) is 0. The molecule has 0 aromatic heterocycles. The van der Waals surface area contributed by atoms with Gasteiger partial charge in [0.25, 0.3) is 0 Å². The van der Waals surface area contributed by atoms with Crippen molar-refractivity contribution in [2.45, 2.75) is 0 Å². The Balaban J connectivity index is 0. The molecule has 0 unspecified atom stereocenters. The van der Waals surface area contributed by atoms with Gasteiger partial charge in [-0.2, -0.15) is 0 Å². The number of hydrogen-bond acceptors (Lipinski definition) is 2. The molecule has 0 radical (unpaired) electrons. The molecule has 0 fully saturated rings. The van der Waals surface area contributed by atoms with E-state index in [1.165, 1.54) is 0 Å². The van der Waals surface area contributed by atoms with Crippen molar-refractivity contribution in [1.29, 1.82) is 0 Å². The van der Waals surface area contributed by atoms with Crippen molar-refractivity contribution in [3.8, 4) is 0 Å². The van der Waals surface area contributed by atoms with E-state index in [2.05, 4.69) is 0 Å². The van der Waals surface area contributed by atoms with Gasteiger partial charge in [-0.25, -0.2) is 0 Å². The molecule has 4 heteroatoms. The monoisotopic (exact) mass is 185 g/mol. The Morgan fingerprint density at radius 1 is 1.80 bits per heavy atom. The molecular formula is CH7NO2Sn. The topological polar surface area (TPSA) is 43.1 Å². The molecule has 0 amide bonds. The van der Waals surface area contributed by atoms with E-state index in [0.717, 1.165) is 7.05 Å². The standard InChI is InChI=1S/CH3NO2.Sn.4H/c1-2(3)4;;;;;/h1H3;;;;;. The molecule has 0 saturated carbocycles. The molecule has 0 bridgehead atoms. The molecule has 3 nitrogen and oxygen atoms in total. The van der Waals surface area contributed by atoms with Gasteiger partial charge in [0, 0.05) is 4.92 Å². The van der Waals surface area contributed by atoms with Crippen LogP contribution in [0.15, 0.2) is 0 Å². The van der Waals surface area contributed by atoms with Gasteiger partial charge in [-0.05, 0) is 0 Å². The van der Waals surface area contributed by atoms with Crippen LogP contribution in [0.1, 0.15) is 0 Å². The van der Waals surface area contributed by atoms with Crippen molar-refractivity contribution in [2.24, 2.45) is 0 Å². The predicted molar refractivity (Wildman–Crippen MR) is 24.3 cm³/mol. The number of hydrogen-bond donors (Lipinski definition) is 0. The van der Waals surface area contributed by atoms with E-state index < -0.39 is 4.92 Å². The molecule has 0 N–H and O–H groups in total. The maximum absolute atomic E-state index is 8.81. The average molecular weight is 184 g/mol. The fraction of sp³-hybridized carbons (Fsp3) is 1.00. The van der Waals surface area contributed by atoms with E-state index >= 15 is 0 Å². The quantitative estimate of drug-likeness (QED) is 0.259. The van der Waals surface area contributed by atoms with Gasteiger partial charge in [0.05, 0.1) is 0 Å². The molecule has 0 saturated heterocycles. The molecule has 0 aliphatic carbocycles. The van der Waals surface area contributed by atoms with Crippen LogP contribution in [0.5, 0.6) is 0 Å². The zero-order valence-electron chi connectivity index (χ0n) is 2.26. The first-order valence-corrected chi connectivity index (χ1v) is 0.812. The van der Waals surface area contributed by atoms with Crippen LogP contribution in [0.25, 0.3) is 0 Å². The molecule has 0 aliphatic rings. The summed E-state index contributed by atoms with van der Waals surface area (Å²) < 4.78 is 0. The van der Waals surface area contributed by atoms with Gasteiger partial charge in [-0.1, -0.05) is 0 Å². The Labute approximate surface area is 46.5 Å². The van der Waals surface area contributed by atoms with Crippen LogP contribution in [-0.4, -0.2) is 35.9 Å². The van der Waals surface area contributed by atoms with Crippen LogP contribution in [0, 0.1) is 10.1 Å². The van der Waals surface area contributed by atoms with Crippen molar-refractivity contribution in [2.75, 3.05) is 7.05 Å². The van der Waals surface area contributed by atoms with E-state index in [4.69, 9.17) is 10.1 Å². The summed E-state index contributed by atoms with van der Waals surface area (Å²) in [7, 11) is 0.889. The number of rotatable bonds is 0. The van der Waals surface area contributed by atoms with Crippen molar-refractivity contribution in [1.82, 2.24) is 0 Å². The molecule has 0 aromatic rings. The van der Waals surface area contributed by atoms with E-state index in [0.29, 0.717) is 0 Å². The summed E-state index contributed by atoms with van der Waals surface area (Å²) in [5, 5.41) is 8.81. The predicted octanol–water partition coefficient (Wildman–Crippen LogP) is -1.56. The normalized spacial score (nSPS) is 5.00. The number of nitro groups is 1. The van der Waals surface area contributed by atoms with E-state index in [-0.39, 0.29) is 23.9 Å². The first-order chi connectivity index (χ1) is 1.73. The molecule has 0 spiro atoms. The van der Waals surface area contributed by atoms with E-state index in [1.807, 2.05) is 0 Å². The fourth-order valence-electron chi connectivity index (χ4n) is 0. The Morgan fingerprint density at radius 2 is 1.80 bits per heavy atom. The van der Waals surface area contributed by atoms with Crippen molar-refractivity contribution < 1.29 is 4.92 Å². The molecule has 0 aromatic carbocycles. The van der Waals surface area contributed by atoms with Gasteiger partial charge in [0.2, 0.25) is 0 Å². The van der Waals surface area contributed by atoms with Gasteiger partial charge in [0.1, 0.15) is 0 Å². The van der Waals surface area contributed by atoms with Crippen LogP contribution in [-0.2, 0) is 0 Å². The Kier molecular flexibility index (Phi) is 7.52. The third-order valence-electron chi connectivity index (χ3n) is 0. The number of nitrogens with zero attached hydrogens (tertiary/aromatic N) is 1. The van der Waals surface area contributed by atoms with Crippen molar-refractivity contribution >= 4 is 23.9 Å². The summed E-state index contributed by atoms with van der Waals surface area (Å²) in [6.45, 7) is 0. The van der Waals surface area contributed by atoms with E-state index in [1.54, 1.807) is 0 Å². The van der Waals surface area contributed by atoms with Crippen LogP contribution >= 0.6 is 0 Å². The van der Waals surface area contributed by atoms with Crippen LogP contribution in [0.4, 0.5) is 0 Å². The molecule has 0 rings (SSSR count). The van der Waals surface area contributed by atoms with Crippen LogP contribution < -0.4 is 0 Å². The Bertz CT molecular complexity index is 32.6. The minimum atomic E-state index is -0.500. The summed E-state index contributed by atoms with van der Waals surface area (Å²) in [5.41, 5.74) is 0. The van der Waals surface area contributed by atoms with E-state index in [9.17, 15) is 0 Å². The molecule has 0 aliphatic heterocycles. The minimum absolute atomic E-state index is 0. The second-order valence-electron chi connectivity index (χ2n) is 0.440. The molecule has 32 valence electrons. The SMILES string of the molecule is C[N+](=O)[O-].[SnH4]. The zero-order valence-corrected chi connectivity index (χ0v) is 2.26. The third kappa shape index (κ3) is 514. The summed E-state index contributed by atoms with van der Waals surface area (Å²) in [6, 6.07) is 0. The first kappa shape index (κ1) is 8.96. The zero-order chi connectivity index (χ0) is 3.58. The van der Waals surface area contributed by atoms with Crippen molar-refractivity contribution in [3.05, 3.63) is 10.1 Å². The van der Waals surface area contributed by atoms with Gasteiger partial charge < -0.3 is 0 Å². The Hall–Kier alpha value is 0.199. The van der Waals surface area contributed by atoms with Gasteiger partial charge in [-0.3, -0.25) is 10.1 Å². The summed E-state index contributed by atoms with van der Waals surface area (Å²) in [6.07, 6.45) is 0. The van der Waals surface area contributed by atoms with Crippen LogP contribution in [0.3, 0.4) is 0 Å². The van der Waals surface area contributed by atoms with Gasteiger partial charge in [-0.15, -0.1) is 0 Å². The fourth-order valence-corrected chi connectivity index (χ4v) is 0. The maximum atomic E-state index is 8.81. The second kappa shape index (κ2) is 4.20. The summed E-state index contributed by atoms with van der Waals surface area (Å²) in [4.78, 5) is 8.31.